The van der Waals surface area contributed by atoms with Crippen molar-refractivity contribution in [3.8, 4) is 0 Å². The smallest absolute Gasteiger partial charge is 0.315 e. The number of hydrogen-bond donors (Lipinski definition) is 2. The van der Waals surface area contributed by atoms with E-state index in [9.17, 15) is 9.59 Å². The lowest BCUT2D eigenvalue weighted by Crippen LogP contribution is -2.41. The fourth-order valence-electron chi connectivity index (χ4n) is 2.99. The molecule has 2 aromatic rings. The third-order valence-electron chi connectivity index (χ3n) is 4.57. The number of carbonyl (C=O) groups is 2. The maximum atomic E-state index is 12.9. The molecule has 0 saturated carbocycles. The highest BCUT2D eigenvalue weighted by molar-refractivity contribution is 6.30. The molecule has 0 aliphatic heterocycles. The highest BCUT2D eigenvalue weighted by Crippen LogP contribution is 2.28. The van der Waals surface area contributed by atoms with Crippen LogP contribution in [0.1, 0.15) is 60.6 Å². The first-order chi connectivity index (χ1) is 14.3. The first-order valence-corrected chi connectivity index (χ1v) is 10.9. The zero-order valence-electron chi connectivity index (χ0n) is 19.5. The molecule has 0 radical (unpaired) electrons. The maximum Gasteiger partial charge on any atom is 0.322 e. The van der Waals surface area contributed by atoms with Crippen molar-refractivity contribution in [2.75, 3.05) is 23.7 Å². The predicted molar refractivity (Wildman–Crippen MR) is 127 cm³/mol. The summed E-state index contributed by atoms with van der Waals surface area (Å²) < 4.78 is 1.82. The number of halogens is 1. The van der Waals surface area contributed by atoms with Gasteiger partial charge in [0.25, 0.3) is 0 Å². The van der Waals surface area contributed by atoms with Gasteiger partial charge in [-0.2, -0.15) is 5.10 Å². The first-order valence-electron chi connectivity index (χ1n) is 10.5. The summed E-state index contributed by atoms with van der Waals surface area (Å²) in [7, 11) is 0. The molecular formula is C23H34ClN5O2. The predicted octanol–water partition coefficient (Wildman–Crippen LogP) is 5.47. The fraction of sp³-hybridized carbons (Fsp3) is 0.522. The Labute approximate surface area is 190 Å². The number of urea groups is 1. The van der Waals surface area contributed by atoms with Crippen molar-refractivity contribution in [3.05, 3.63) is 41.0 Å². The summed E-state index contributed by atoms with van der Waals surface area (Å²) in [5.41, 5.74) is 1.02. The molecular weight excluding hydrogens is 414 g/mol. The van der Waals surface area contributed by atoms with Crippen molar-refractivity contribution in [2.45, 2.75) is 65.8 Å². The van der Waals surface area contributed by atoms with Crippen molar-refractivity contribution >= 4 is 35.0 Å². The molecule has 0 atom stereocenters. The molecule has 0 aliphatic rings. The summed E-state index contributed by atoms with van der Waals surface area (Å²) in [5.74, 6) is 0.342. The Morgan fingerprint density at radius 1 is 1.10 bits per heavy atom. The minimum absolute atomic E-state index is 0.0690. The lowest BCUT2D eigenvalue weighted by molar-refractivity contribution is -0.116. The van der Waals surface area contributed by atoms with Gasteiger partial charge in [-0.25, -0.2) is 9.48 Å². The van der Waals surface area contributed by atoms with Crippen molar-refractivity contribution in [1.29, 1.82) is 0 Å². The molecule has 1 aromatic carbocycles. The molecule has 0 spiro atoms. The number of hydrogen-bond acceptors (Lipinski definition) is 3. The van der Waals surface area contributed by atoms with Gasteiger partial charge in [0.2, 0.25) is 5.91 Å². The molecule has 31 heavy (non-hydrogen) atoms. The fourth-order valence-corrected chi connectivity index (χ4v) is 3.19. The van der Waals surface area contributed by atoms with Crippen LogP contribution in [-0.2, 0) is 15.7 Å². The van der Waals surface area contributed by atoms with E-state index in [1.54, 1.807) is 24.3 Å². The molecule has 0 unspecified atom stereocenters. The number of benzene rings is 1. The molecule has 1 heterocycles. The van der Waals surface area contributed by atoms with Gasteiger partial charge in [0.05, 0.1) is 11.2 Å². The van der Waals surface area contributed by atoms with E-state index in [0.29, 0.717) is 23.1 Å². The second-order valence-electron chi connectivity index (χ2n) is 9.66. The topological polar surface area (TPSA) is 79.3 Å². The van der Waals surface area contributed by atoms with Gasteiger partial charge in [0.1, 0.15) is 12.4 Å². The molecule has 170 valence electrons. The number of amides is 3. The Morgan fingerprint density at radius 2 is 1.77 bits per heavy atom. The van der Waals surface area contributed by atoms with E-state index in [0.717, 1.165) is 12.1 Å². The van der Waals surface area contributed by atoms with Crippen LogP contribution in [0.5, 0.6) is 0 Å². The van der Waals surface area contributed by atoms with E-state index in [1.165, 1.54) is 4.90 Å². The van der Waals surface area contributed by atoms with Gasteiger partial charge < -0.3 is 15.5 Å². The Morgan fingerprint density at radius 3 is 2.32 bits per heavy atom. The maximum absolute atomic E-state index is 12.9. The average molecular weight is 448 g/mol. The number of carbonyl (C=O) groups excluding carboxylic acids is 2. The van der Waals surface area contributed by atoms with Crippen LogP contribution in [0.3, 0.4) is 0 Å². The number of nitrogens with one attached hydrogen (secondary N) is 2. The van der Waals surface area contributed by atoms with Crippen molar-refractivity contribution in [2.24, 2.45) is 0 Å². The SMILES string of the molecule is CCCN(CC(=O)Nc1cc(C(C)(C)C)nn1C(C)(C)C)C(=O)Nc1cccc(Cl)c1. The van der Waals surface area contributed by atoms with Crippen LogP contribution < -0.4 is 10.6 Å². The summed E-state index contributed by atoms with van der Waals surface area (Å²) in [6.45, 7) is 14.7. The standard InChI is InChI=1S/C23H34ClN5O2/c1-8-12-28(21(31)25-17-11-9-10-16(24)13-17)15-20(30)26-19-14-18(22(2,3)4)27-29(19)23(5,6)7/h9-11,13-14H,8,12,15H2,1-7H3,(H,25,31)(H,26,30). The van der Waals surface area contributed by atoms with E-state index in [-0.39, 0.29) is 29.4 Å². The molecule has 0 fully saturated rings. The summed E-state index contributed by atoms with van der Waals surface area (Å²) >= 11 is 5.99. The van der Waals surface area contributed by atoms with Crippen LogP contribution >= 0.6 is 11.6 Å². The molecule has 0 bridgehead atoms. The lowest BCUT2D eigenvalue weighted by Gasteiger charge is -2.24. The highest BCUT2D eigenvalue weighted by atomic mass is 35.5. The van der Waals surface area contributed by atoms with Gasteiger partial charge in [-0.05, 0) is 45.4 Å². The van der Waals surface area contributed by atoms with Crippen LogP contribution in [-0.4, -0.2) is 39.7 Å². The largest absolute Gasteiger partial charge is 0.322 e. The van der Waals surface area contributed by atoms with Crippen molar-refractivity contribution in [1.82, 2.24) is 14.7 Å². The van der Waals surface area contributed by atoms with Crippen molar-refractivity contribution < 1.29 is 9.59 Å². The monoisotopic (exact) mass is 447 g/mol. The summed E-state index contributed by atoms with van der Waals surface area (Å²) in [6, 6.07) is 8.47. The Hall–Kier alpha value is -2.54. The molecule has 0 aliphatic carbocycles. The molecule has 3 amide bonds. The first kappa shape index (κ1) is 24.7. The second kappa shape index (κ2) is 9.73. The third-order valence-corrected chi connectivity index (χ3v) is 4.81. The third kappa shape index (κ3) is 6.99. The zero-order chi connectivity index (χ0) is 23.4. The van der Waals surface area contributed by atoms with Crippen LogP contribution in [0.15, 0.2) is 30.3 Å². The van der Waals surface area contributed by atoms with E-state index < -0.39 is 0 Å². The Kier molecular flexibility index (Phi) is 7.76. The molecule has 2 rings (SSSR count). The Bertz CT molecular complexity index is 925. The average Bonchev–Trinajstić information content (AvgIpc) is 3.06. The van der Waals surface area contributed by atoms with E-state index in [2.05, 4.69) is 31.4 Å². The van der Waals surface area contributed by atoms with Gasteiger partial charge in [0, 0.05) is 28.7 Å². The molecule has 2 N–H and O–H groups in total. The summed E-state index contributed by atoms with van der Waals surface area (Å²) in [4.78, 5) is 27.1. The molecule has 8 heteroatoms. The quantitative estimate of drug-likeness (QED) is 0.616. The summed E-state index contributed by atoms with van der Waals surface area (Å²) in [5, 5.41) is 11.0. The minimum atomic E-state index is -0.348. The number of anilines is 2. The number of nitrogens with zero attached hydrogens (tertiary/aromatic N) is 3. The van der Waals surface area contributed by atoms with E-state index in [4.69, 9.17) is 16.7 Å². The van der Waals surface area contributed by atoms with Gasteiger partial charge in [0.15, 0.2) is 0 Å². The van der Waals surface area contributed by atoms with Gasteiger partial charge in [-0.15, -0.1) is 0 Å². The normalized spacial score (nSPS) is 11.9. The highest BCUT2D eigenvalue weighted by Gasteiger charge is 2.26. The van der Waals surface area contributed by atoms with Gasteiger partial charge in [-0.1, -0.05) is 45.4 Å². The van der Waals surface area contributed by atoms with Crippen molar-refractivity contribution in [3.63, 3.8) is 0 Å². The zero-order valence-corrected chi connectivity index (χ0v) is 20.3. The lowest BCUT2D eigenvalue weighted by atomic mass is 9.92. The summed E-state index contributed by atoms with van der Waals surface area (Å²) in [6.07, 6.45) is 0.727. The Balaban J connectivity index is 2.16. The molecule has 1 aromatic heterocycles. The van der Waals surface area contributed by atoms with E-state index >= 15 is 0 Å². The number of rotatable bonds is 6. The van der Waals surface area contributed by atoms with Gasteiger partial charge >= 0.3 is 6.03 Å². The van der Waals surface area contributed by atoms with Crippen LogP contribution in [0.25, 0.3) is 0 Å². The van der Waals surface area contributed by atoms with E-state index in [1.807, 2.05) is 38.4 Å². The second-order valence-corrected chi connectivity index (χ2v) is 10.1. The number of aromatic nitrogens is 2. The van der Waals surface area contributed by atoms with Crippen LogP contribution in [0.2, 0.25) is 5.02 Å². The van der Waals surface area contributed by atoms with Crippen LogP contribution in [0, 0.1) is 0 Å². The minimum Gasteiger partial charge on any atom is -0.315 e. The molecule has 0 saturated heterocycles. The molecule has 7 nitrogen and oxygen atoms in total. The van der Waals surface area contributed by atoms with Crippen LogP contribution in [0.4, 0.5) is 16.3 Å². The van der Waals surface area contributed by atoms with Gasteiger partial charge in [-0.3, -0.25) is 4.79 Å².